The molecule has 28 heavy (non-hydrogen) atoms. The molecule has 0 radical (unpaired) electrons. The molecule has 0 aliphatic heterocycles. The molecule has 0 saturated carbocycles. The molecule has 0 aromatic heterocycles. The first-order chi connectivity index (χ1) is 13.4. The predicted molar refractivity (Wildman–Crippen MR) is 98.6 cm³/mol. The Bertz CT molecular complexity index is 857. The Hall–Kier alpha value is -3.49. The summed E-state index contributed by atoms with van der Waals surface area (Å²) in [5.41, 5.74) is 0.584. The second-order valence-electron chi connectivity index (χ2n) is 5.56. The SMILES string of the molecule is CNC(=O)CN(C(=O)c1ccc(OC(F)F)cc1)c1ccccc1C(=O)NC. The van der Waals surface area contributed by atoms with Crippen LogP contribution in [0.3, 0.4) is 0 Å². The Labute approximate surface area is 160 Å². The molecular formula is C19H19F2N3O4. The molecule has 0 aliphatic rings. The van der Waals surface area contributed by atoms with Crippen molar-refractivity contribution in [1.82, 2.24) is 10.6 Å². The van der Waals surface area contributed by atoms with Gasteiger partial charge in [-0.1, -0.05) is 12.1 Å². The van der Waals surface area contributed by atoms with Gasteiger partial charge in [-0.3, -0.25) is 19.3 Å². The molecule has 0 bridgehead atoms. The topological polar surface area (TPSA) is 87.7 Å². The number of hydrogen-bond acceptors (Lipinski definition) is 4. The monoisotopic (exact) mass is 391 g/mol. The number of nitrogens with zero attached hydrogens (tertiary/aromatic N) is 1. The normalized spacial score (nSPS) is 10.3. The van der Waals surface area contributed by atoms with Gasteiger partial charge in [0.25, 0.3) is 11.8 Å². The van der Waals surface area contributed by atoms with E-state index in [0.717, 1.165) is 4.90 Å². The van der Waals surface area contributed by atoms with Gasteiger partial charge in [0.2, 0.25) is 5.91 Å². The van der Waals surface area contributed by atoms with Crippen LogP contribution in [0.2, 0.25) is 0 Å². The third-order valence-corrected chi connectivity index (χ3v) is 3.82. The van der Waals surface area contributed by atoms with E-state index < -0.39 is 24.3 Å². The van der Waals surface area contributed by atoms with Gasteiger partial charge in [-0.15, -0.1) is 0 Å². The number of likely N-dealkylation sites (N-methyl/N-ethyl adjacent to an activating group) is 1. The second-order valence-corrected chi connectivity index (χ2v) is 5.56. The zero-order valence-corrected chi connectivity index (χ0v) is 15.2. The summed E-state index contributed by atoms with van der Waals surface area (Å²) in [7, 11) is 2.87. The van der Waals surface area contributed by atoms with E-state index in [-0.39, 0.29) is 29.1 Å². The average Bonchev–Trinajstić information content (AvgIpc) is 2.70. The summed E-state index contributed by atoms with van der Waals surface area (Å²) in [4.78, 5) is 38.3. The van der Waals surface area contributed by atoms with Gasteiger partial charge >= 0.3 is 6.61 Å². The van der Waals surface area contributed by atoms with Crippen molar-refractivity contribution in [2.75, 3.05) is 25.5 Å². The molecule has 2 rings (SSSR count). The van der Waals surface area contributed by atoms with Crippen LogP contribution >= 0.6 is 0 Å². The zero-order chi connectivity index (χ0) is 20.7. The van der Waals surface area contributed by atoms with Crippen LogP contribution in [0.15, 0.2) is 48.5 Å². The molecule has 0 saturated heterocycles. The van der Waals surface area contributed by atoms with E-state index >= 15 is 0 Å². The number of ether oxygens (including phenoxy) is 1. The molecular weight excluding hydrogens is 372 g/mol. The number of hydrogen-bond donors (Lipinski definition) is 2. The Kier molecular flexibility index (Phi) is 7.02. The van der Waals surface area contributed by atoms with E-state index in [4.69, 9.17) is 0 Å². The first kappa shape index (κ1) is 20.8. The lowest BCUT2D eigenvalue weighted by atomic mass is 10.1. The van der Waals surface area contributed by atoms with Crippen molar-refractivity contribution in [2.24, 2.45) is 0 Å². The number of halogens is 2. The fraction of sp³-hybridized carbons (Fsp3) is 0.211. The molecule has 3 amide bonds. The molecule has 0 unspecified atom stereocenters. The van der Waals surface area contributed by atoms with E-state index in [2.05, 4.69) is 15.4 Å². The molecule has 2 N–H and O–H groups in total. The van der Waals surface area contributed by atoms with Gasteiger partial charge in [0.15, 0.2) is 0 Å². The molecule has 0 aliphatic carbocycles. The summed E-state index contributed by atoms with van der Waals surface area (Å²) in [6.45, 7) is -3.32. The average molecular weight is 391 g/mol. The van der Waals surface area contributed by atoms with Crippen LogP contribution in [0.25, 0.3) is 0 Å². The maximum absolute atomic E-state index is 13.0. The van der Waals surface area contributed by atoms with Gasteiger partial charge in [0, 0.05) is 19.7 Å². The van der Waals surface area contributed by atoms with E-state index in [1.807, 2.05) is 0 Å². The van der Waals surface area contributed by atoms with Gasteiger partial charge in [0.05, 0.1) is 11.3 Å². The molecule has 9 heteroatoms. The molecule has 148 valence electrons. The highest BCUT2D eigenvalue weighted by Gasteiger charge is 2.24. The minimum absolute atomic E-state index is 0.102. The first-order valence-electron chi connectivity index (χ1n) is 8.25. The van der Waals surface area contributed by atoms with Crippen molar-refractivity contribution >= 4 is 23.4 Å². The quantitative estimate of drug-likeness (QED) is 0.756. The number of carbonyl (C=O) groups is 3. The van der Waals surface area contributed by atoms with Gasteiger partial charge in [-0.2, -0.15) is 8.78 Å². The smallest absolute Gasteiger partial charge is 0.387 e. The summed E-state index contributed by atoms with van der Waals surface area (Å²) in [5.74, 6) is -1.55. The fourth-order valence-corrected chi connectivity index (χ4v) is 2.46. The lowest BCUT2D eigenvalue weighted by molar-refractivity contribution is -0.119. The Morgan fingerprint density at radius 1 is 1.00 bits per heavy atom. The molecule has 0 fully saturated rings. The lowest BCUT2D eigenvalue weighted by Crippen LogP contribution is -2.41. The van der Waals surface area contributed by atoms with Crippen LogP contribution in [0.5, 0.6) is 5.75 Å². The maximum atomic E-state index is 13.0. The summed E-state index contributed by atoms with van der Waals surface area (Å²) in [6, 6.07) is 11.4. The molecule has 0 spiro atoms. The number of alkyl halides is 2. The Morgan fingerprint density at radius 2 is 1.64 bits per heavy atom. The number of carbonyl (C=O) groups excluding carboxylic acids is 3. The lowest BCUT2D eigenvalue weighted by Gasteiger charge is -2.24. The van der Waals surface area contributed by atoms with Crippen molar-refractivity contribution in [3.8, 4) is 5.75 Å². The minimum Gasteiger partial charge on any atom is -0.435 e. The first-order valence-corrected chi connectivity index (χ1v) is 8.25. The summed E-state index contributed by atoms with van der Waals surface area (Å²) < 4.78 is 28.8. The van der Waals surface area contributed by atoms with Crippen molar-refractivity contribution < 1.29 is 27.9 Å². The van der Waals surface area contributed by atoms with Crippen molar-refractivity contribution in [1.29, 1.82) is 0 Å². The van der Waals surface area contributed by atoms with E-state index in [0.29, 0.717) is 0 Å². The third-order valence-electron chi connectivity index (χ3n) is 3.82. The number of rotatable bonds is 7. The van der Waals surface area contributed by atoms with Crippen LogP contribution in [0.1, 0.15) is 20.7 Å². The summed E-state index contributed by atoms with van der Waals surface area (Å²) in [6.07, 6.45) is 0. The highest BCUT2D eigenvalue weighted by molar-refractivity contribution is 6.12. The third kappa shape index (κ3) is 5.03. The summed E-state index contributed by atoms with van der Waals surface area (Å²) >= 11 is 0. The Balaban J connectivity index is 2.42. The minimum atomic E-state index is -2.98. The zero-order valence-electron chi connectivity index (χ0n) is 15.2. The van der Waals surface area contributed by atoms with Crippen molar-refractivity contribution in [3.05, 3.63) is 59.7 Å². The molecule has 2 aromatic rings. The number of amides is 3. The Morgan fingerprint density at radius 3 is 2.21 bits per heavy atom. The van der Waals surface area contributed by atoms with Gasteiger partial charge in [0.1, 0.15) is 12.3 Å². The van der Waals surface area contributed by atoms with Crippen molar-refractivity contribution in [3.63, 3.8) is 0 Å². The second kappa shape index (κ2) is 9.45. The van der Waals surface area contributed by atoms with Crippen LogP contribution in [0, 0.1) is 0 Å². The van der Waals surface area contributed by atoms with E-state index in [1.54, 1.807) is 18.2 Å². The van der Waals surface area contributed by atoms with E-state index in [1.165, 1.54) is 44.4 Å². The predicted octanol–water partition coefficient (Wildman–Crippen LogP) is 2.04. The van der Waals surface area contributed by atoms with Crippen LogP contribution in [-0.4, -0.2) is 45.0 Å². The van der Waals surface area contributed by atoms with Crippen LogP contribution in [-0.2, 0) is 4.79 Å². The highest BCUT2D eigenvalue weighted by atomic mass is 19.3. The molecule has 2 aromatic carbocycles. The number of para-hydroxylation sites is 1. The van der Waals surface area contributed by atoms with Crippen LogP contribution in [0.4, 0.5) is 14.5 Å². The van der Waals surface area contributed by atoms with Gasteiger partial charge in [-0.05, 0) is 36.4 Å². The molecule has 0 atom stereocenters. The van der Waals surface area contributed by atoms with Gasteiger partial charge < -0.3 is 15.4 Å². The molecule has 7 nitrogen and oxygen atoms in total. The van der Waals surface area contributed by atoms with Crippen molar-refractivity contribution in [2.45, 2.75) is 6.61 Å². The molecule has 0 heterocycles. The fourth-order valence-electron chi connectivity index (χ4n) is 2.46. The largest absolute Gasteiger partial charge is 0.435 e. The standard InChI is InChI=1S/C19H19F2N3O4/c1-22-16(25)11-24(15-6-4-3-5-14(15)17(26)23-2)18(27)12-7-9-13(10-8-12)28-19(20)21/h3-10,19H,11H2,1-2H3,(H,22,25)(H,23,26). The van der Waals surface area contributed by atoms with Crippen LogP contribution < -0.4 is 20.3 Å². The highest BCUT2D eigenvalue weighted by Crippen LogP contribution is 2.24. The summed E-state index contributed by atoms with van der Waals surface area (Å²) in [5, 5.41) is 4.91. The maximum Gasteiger partial charge on any atom is 0.387 e. The van der Waals surface area contributed by atoms with E-state index in [9.17, 15) is 23.2 Å². The number of anilines is 1. The van der Waals surface area contributed by atoms with Gasteiger partial charge in [-0.25, -0.2) is 0 Å². The number of benzene rings is 2. The number of nitrogens with one attached hydrogen (secondary N) is 2.